The highest BCUT2D eigenvalue weighted by Crippen LogP contribution is 2.33. The van der Waals surface area contributed by atoms with Crippen LogP contribution in [0.15, 0.2) is 54.6 Å². The van der Waals surface area contributed by atoms with Crippen molar-refractivity contribution in [3.05, 3.63) is 65.7 Å². The van der Waals surface area contributed by atoms with Crippen LogP contribution in [-0.2, 0) is 16.1 Å². The summed E-state index contributed by atoms with van der Waals surface area (Å²) in [5.74, 6) is 0.709. The molecule has 1 saturated carbocycles. The zero-order valence-corrected chi connectivity index (χ0v) is 15.5. The Balaban J connectivity index is 1.72. The van der Waals surface area contributed by atoms with Gasteiger partial charge in [-0.25, -0.2) is 4.79 Å². The average molecular weight is 367 g/mol. The van der Waals surface area contributed by atoms with E-state index in [1.807, 2.05) is 54.6 Å². The lowest BCUT2D eigenvalue weighted by molar-refractivity contribution is -0.125. The van der Waals surface area contributed by atoms with Gasteiger partial charge < -0.3 is 14.8 Å². The van der Waals surface area contributed by atoms with E-state index in [9.17, 15) is 9.59 Å². The highest BCUT2D eigenvalue weighted by atomic mass is 16.5. The molecular weight excluding hydrogens is 342 g/mol. The predicted octanol–water partition coefficient (Wildman–Crippen LogP) is 4.42. The van der Waals surface area contributed by atoms with Crippen molar-refractivity contribution in [3.8, 4) is 5.75 Å². The fourth-order valence-corrected chi connectivity index (χ4v) is 3.48. The molecule has 1 aliphatic rings. The van der Waals surface area contributed by atoms with Gasteiger partial charge in [0.05, 0.1) is 13.2 Å². The van der Waals surface area contributed by atoms with Gasteiger partial charge in [-0.3, -0.25) is 4.79 Å². The number of benzene rings is 2. The van der Waals surface area contributed by atoms with E-state index in [1.165, 1.54) is 0 Å². The number of nitrogens with one attached hydrogen (secondary N) is 1. The molecule has 0 spiro atoms. The van der Waals surface area contributed by atoms with Gasteiger partial charge >= 0.3 is 6.09 Å². The summed E-state index contributed by atoms with van der Waals surface area (Å²) in [5.41, 5.74) is 1.80. The number of ketones is 1. The van der Waals surface area contributed by atoms with Crippen molar-refractivity contribution in [2.75, 3.05) is 7.11 Å². The lowest BCUT2D eigenvalue weighted by Gasteiger charge is -2.30. The highest BCUT2D eigenvalue weighted by molar-refractivity contribution is 5.83. The van der Waals surface area contributed by atoms with Crippen molar-refractivity contribution in [2.24, 2.45) is 5.92 Å². The van der Waals surface area contributed by atoms with Crippen molar-refractivity contribution in [3.63, 3.8) is 0 Å². The minimum absolute atomic E-state index is 0.195. The molecular formula is C22H25NO4. The Labute approximate surface area is 159 Å². The Bertz CT molecular complexity index is 758. The van der Waals surface area contributed by atoms with Crippen LogP contribution in [0, 0.1) is 5.92 Å². The van der Waals surface area contributed by atoms with Gasteiger partial charge in [-0.1, -0.05) is 48.9 Å². The third-order valence-corrected chi connectivity index (χ3v) is 4.97. The second-order valence-electron chi connectivity index (χ2n) is 6.78. The van der Waals surface area contributed by atoms with Crippen LogP contribution >= 0.6 is 0 Å². The Morgan fingerprint density at radius 1 is 1.11 bits per heavy atom. The first kappa shape index (κ1) is 19.0. The minimum atomic E-state index is -0.516. The van der Waals surface area contributed by atoms with Crippen molar-refractivity contribution in [2.45, 2.75) is 38.3 Å². The molecule has 1 aliphatic carbocycles. The monoisotopic (exact) mass is 367 g/mol. The highest BCUT2D eigenvalue weighted by Gasteiger charge is 2.32. The molecule has 0 aromatic heterocycles. The molecule has 1 N–H and O–H groups in total. The first-order valence-corrected chi connectivity index (χ1v) is 9.31. The van der Waals surface area contributed by atoms with E-state index < -0.39 is 12.1 Å². The first-order chi connectivity index (χ1) is 13.2. The van der Waals surface area contributed by atoms with Crippen LogP contribution < -0.4 is 10.1 Å². The number of Topliss-reactive ketones (excluding diaryl/α,β-unsaturated/α-hetero) is 1. The molecule has 1 amide bonds. The summed E-state index contributed by atoms with van der Waals surface area (Å²) in [4.78, 5) is 24.9. The van der Waals surface area contributed by atoms with Crippen LogP contribution in [0.5, 0.6) is 5.75 Å². The topological polar surface area (TPSA) is 64.6 Å². The molecule has 2 aromatic rings. The molecule has 0 aliphatic heterocycles. The van der Waals surface area contributed by atoms with E-state index in [1.54, 1.807) is 7.11 Å². The summed E-state index contributed by atoms with van der Waals surface area (Å²) in [5, 5.41) is 2.92. The van der Waals surface area contributed by atoms with Crippen LogP contribution in [0.2, 0.25) is 0 Å². The number of rotatable bonds is 6. The number of hydrogen-bond acceptors (Lipinski definition) is 4. The Morgan fingerprint density at radius 2 is 1.85 bits per heavy atom. The maximum Gasteiger partial charge on any atom is 0.407 e. The summed E-state index contributed by atoms with van der Waals surface area (Å²) in [6.07, 6.45) is 2.73. The number of alkyl carbamates (subject to hydrolysis) is 1. The number of ether oxygens (including phenoxy) is 2. The summed E-state index contributed by atoms with van der Waals surface area (Å²) in [6, 6.07) is 16.6. The maximum absolute atomic E-state index is 12.5. The van der Waals surface area contributed by atoms with E-state index in [2.05, 4.69) is 5.32 Å². The van der Waals surface area contributed by atoms with Crippen LogP contribution in [0.4, 0.5) is 4.79 Å². The van der Waals surface area contributed by atoms with E-state index in [0.717, 1.165) is 36.1 Å². The summed E-state index contributed by atoms with van der Waals surface area (Å²) >= 11 is 0. The number of hydrogen-bond donors (Lipinski definition) is 1. The zero-order chi connectivity index (χ0) is 19.1. The van der Waals surface area contributed by atoms with E-state index >= 15 is 0 Å². The molecule has 27 heavy (non-hydrogen) atoms. The second kappa shape index (κ2) is 9.21. The molecule has 2 aromatic carbocycles. The normalized spacial score (nSPS) is 17.8. The average Bonchev–Trinajstić information content (AvgIpc) is 2.72. The predicted molar refractivity (Wildman–Crippen MR) is 102 cm³/mol. The van der Waals surface area contributed by atoms with Gasteiger partial charge in [-0.2, -0.15) is 0 Å². The Morgan fingerprint density at radius 3 is 2.52 bits per heavy atom. The quantitative estimate of drug-likeness (QED) is 0.821. The molecule has 2 unspecified atom stereocenters. The lowest BCUT2D eigenvalue weighted by Crippen LogP contribution is -2.38. The number of amides is 1. The Kier molecular flexibility index (Phi) is 6.47. The molecule has 0 saturated heterocycles. The Hall–Kier alpha value is -2.82. The smallest absolute Gasteiger partial charge is 0.407 e. The van der Waals surface area contributed by atoms with Crippen molar-refractivity contribution >= 4 is 11.9 Å². The number of carbonyl (C=O) groups is 2. The van der Waals surface area contributed by atoms with E-state index in [-0.39, 0.29) is 18.3 Å². The van der Waals surface area contributed by atoms with Gasteiger partial charge in [0.25, 0.3) is 0 Å². The van der Waals surface area contributed by atoms with E-state index in [0.29, 0.717) is 6.42 Å². The third-order valence-electron chi connectivity index (χ3n) is 4.97. The van der Waals surface area contributed by atoms with Crippen LogP contribution in [0.3, 0.4) is 0 Å². The van der Waals surface area contributed by atoms with Gasteiger partial charge in [-0.05, 0) is 36.1 Å². The fraction of sp³-hybridized carbons (Fsp3) is 0.364. The van der Waals surface area contributed by atoms with Gasteiger partial charge in [0.2, 0.25) is 0 Å². The van der Waals surface area contributed by atoms with Crippen molar-refractivity contribution in [1.29, 1.82) is 0 Å². The van der Waals surface area contributed by atoms with E-state index in [4.69, 9.17) is 9.47 Å². The maximum atomic E-state index is 12.5. The van der Waals surface area contributed by atoms with Crippen LogP contribution in [0.25, 0.3) is 0 Å². The largest absolute Gasteiger partial charge is 0.497 e. The van der Waals surface area contributed by atoms with Gasteiger partial charge in [-0.15, -0.1) is 0 Å². The van der Waals surface area contributed by atoms with Crippen LogP contribution in [-0.4, -0.2) is 19.0 Å². The SMILES string of the molecule is COc1ccc(C(NC(=O)OCc2ccccc2)C2CCCCC2=O)cc1. The molecule has 0 radical (unpaired) electrons. The second-order valence-corrected chi connectivity index (χ2v) is 6.78. The lowest BCUT2D eigenvalue weighted by atomic mass is 9.80. The summed E-state index contributed by atoms with van der Waals surface area (Å²) in [7, 11) is 1.61. The number of carbonyl (C=O) groups excluding carboxylic acids is 2. The minimum Gasteiger partial charge on any atom is -0.497 e. The molecule has 2 atom stereocenters. The fourth-order valence-electron chi connectivity index (χ4n) is 3.48. The molecule has 142 valence electrons. The zero-order valence-electron chi connectivity index (χ0n) is 15.5. The summed E-state index contributed by atoms with van der Waals surface area (Å²) in [6.45, 7) is 0.195. The molecule has 5 heteroatoms. The van der Waals surface area contributed by atoms with Gasteiger partial charge in [0.15, 0.2) is 0 Å². The summed E-state index contributed by atoms with van der Waals surface area (Å²) < 4.78 is 10.6. The van der Waals surface area contributed by atoms with Gasteiger partial charge in [0, 0.05) is 12.3 Å². The molecule has 3 rings (SSSR count). The molecule has 1 fully saturated rings. The van der Waals surface area contributed by atoms with Crippen LogP contribution in [0.1, 0.15) is 42.9 Å². The molecule has 0 bridgehead atoms. The standard InChI is InChI=1S/C22H25NO4/c1-26-18-13-11-17(12-14-18)21(19-9-5-6-10-20(19)24)23-22(25)27-15-16-7-3-2-4-8-16/h2-4,7-8,11-14,19,21H,5-6,9-10,15H2,1H3,(H,23,25). The van der Waals surface area contributed by atoms with Crippen molar-refractivity contribution < 1.29 is 19.1 Å². The first-order valence-electron chi connectivity index (χ1n) is 9.31. The third kappa shape index (κ3) is 5.09. The number of methoxy groups -OCH3 is 1. The molecule has 5 nitrogen and oxygen atoms in total. The van der Waals surface area contributed by atoms with Gasteiger partial charge in [0.1, 0.15) is 18.1 Å². The molecule has 0 heterocycles. The van der Waals surface area contributed by atoms with Crippen molar-refractivity contribution in [1.82, 2.24) is 5.32 Å².